The third-order valence-electron chi connectivity index (χ3n) is 2.28. The van der Waals surface area contributed by atoms with Gasteiger partial charge in [0, 0.05) is 29.8 Å². The minimum atomic E-state index is -3.91. The van der Waals surface area contributed by atoms with Crippen LogP contribution >= 0.6 is 10.7 Å². The molecular weight excluding hydrogens is 292 g/mol. The van der Waals surface area contributed by atoms with Crippen LogP contribution < -0.4 is 5.32 Å². The Balaban J connectivity index is 2.81. The molecule has 19 heavy (non-hydrogen) atoms. The molecule has 0 saturated heterocycles. The van der Waals surface area contributed by atoms with Crippen molar-refractivity contribution in [3.8, 4) is 6.07 Å². The second kappa shape index (κ2) is 6.54. The van der Waals surface area contributed by atoms with Crippen LogP contribution in [0, 0.1) is 11.3 Å². The van der Waals surface area contributed by atoms with Crippen LogP contribution in [-0.4, -0.2) is 30.4 Å². The summed E-state index contributed by atoms with van der Waals surface area (Å²) in [6, 6.07) is 1.90. The lowest BCUT2D eigenvalue weighted by Crippen LogP contribution is -2.28. The summed E-state index contributed by atoms with van der Waals surface area (Å²) in [7, 11) is 1.29. The quantitative estimate of drug-likeness (QED) is 0.605. The number of hydrogen-bond acceptors (Lipinski definition) is 5. The Kier molecular flexibility index (Phi) is 5.32. The van der Waals surface area contributed by atoms with Gasteiger partial charge in [-0.1, -0.05) is 6.92 Å². The van der Waals surface area contributed by atoms with Crippen LogP contribution in [0.1, 0.15) is 19.2 Å². The minimum absolute atomic E-state index is 0.0615. The summed E-state index contributed by atoms with van der Waals surface area (Å²) >= 11 is 0. The fraction of sp³-hybridized carbons (Fsp3) is 0.500. The lowest BCUT2D eigenvalue weighted by Gasteiger charge is -2.06. The predicted molar refractivity (Wildman–Crippen MR) is 67.9 cm³/mol. The molecule has 9 heteroatoms. The predicted octanol–water partition coefficient (Wildman–Crippen LogP) is 0.403. The highest BCUT2D eigenvalue weighted by Crippen LogP contribution is 2.14. The van der Waals surface area contributed by atoms with Crippen molar-refractivity contribution in [2.24, 2.45) is 0 Å². The second-order valence-corrected chi connectivity index (χ2v) is 6.19. The number of carbonyl (C=O) groups is 1. The Morgan fingerprint density at radius 2 is 2.32 bits per heavy atom. The standard InChI is InChI=1S/C10H13ClN4O3S/c1-2-8-14-10(19(11,17)18)7-15(8)6-9(16)13-5-3-4-12/h7H,2-3,5-6H2,1H3,(H,13,16). The summed E-state index contributed by atoms with van der Waals surface area (Å²) in [6.07, 6.45) is 1.92. The first-order valence-electron chi connectivity index (χ1n) is 5.52. The molecule has 1 amide bonds. The van der Waals surface area contributed by atoms with E-state index in [-0.39, 0.29) is 30.4 Å². The van der Waals surface area contributed by atoms with Crippen molar-refractivity contribution in [1.82, 2.24) is 14.9 Å². The van der Waals surface area contributed by atoms with Crippen molar-refractivity contribution < 1.29 is 13.2 Å². The van der Waals surface area contributed by atoms with Gasteiger partial charge in [0.25, 0.3) is 9.05 Å². The number of carbonyl (C=O) groups excluding carboxylic acids is 1. The molecule has 0 aromatic carbocycles. The maximum atomic E-state index is 11.6. The number of imidazole rings is 1. The van der Waals surface area contributed by atoms with Gasteiger partial charge in [-0.2, -0.15) is 5.26 Å². The van der Waals surface area contributed by atoms with E-state index in [4.69, 9.17) is 15.9 Å². The van der Waals surface area contributed by atoms with Gasteiger partial charge in [0.2, 0.25) is 5.91 Å². The fourth-order valence-corrected chi connectivity index (χ4v) is 2.12. The average molecular weight is 305 g/mol. The van der Waals surface area contributed by atoms with E-state index in [1.165, 1.54) is 10.8 Å². The molecule has 1 aromatic rings. The molecule has 1 aromatic heterocycles. The molecule has 7 nitrogen and oxygen atoms in total. The smallest absolute Gasteiger partial charge is 0.280 e. The summed E-state index contributed by atoms with van der Waals surface area (Å²) in [6.45, 7) is 1.98. The molecule has 1 heterocycles. The van der Waals surface area contributed by atoms with Crippen LogP contribution in [0.5, 0.6) is 0 Å². The summed E-state index contributed by atoms with van der Waals surface area (Å²) in [4.78, 5) is 15.4. The first-order valence-corrected chi connectivity index (χ1v) is 7.83. The van der Waals surface area contributed by atoms with Crippen molar-refractivity contribution in [2.45, 2.75) is 31.3 Å². The Bertz CT molecular complexity index is 603. The zero-order valence-corrected chi connectivity index (χ0v) is 11.8. The van der Waals surface area contributed by atoms with Gasteiger partial charge in [-0.15, -0.1) is 0 Å². The molecule has 0 aliphatic rings. The zero-order valence-electron chi connectivity index (χ0n) is 10.3. The molecule has 0 aliphatic carbocycles. The topological polar surface area (TPSA) is 105 Å². The maximum absolute atomic E-state index is 11.6. The van der Waals surface area contributed by atoms with E-state index in [9.17, 15) is 13.2 Å². The van der Waals surface area contributed by atoms with Crippen LogP contribution in [-0.2, 0) is 26.8 Å². The van der Waals surface area contributed by atoms with Gasteiger partial charge in [0.1, 0.15) is 12.4 Å². The van der Waals surface area contributed by atoms with Gasteiger partial charge in [-0.25, -0.2) is 13.4 Å². The highest BCUT2D eigenvalue weighted by Gasteiger charge is 2.18. The third kappa shape index (κ3) is 4.54. The van der Waals surface area contributed by atoms with Gasteiger partial charge < -0.3 is 9.88 Å². The molecular formula is C10H13ClN4O3S. The monoisotopic (exact) mass is 304 g/mol. The number of hydrogen-bond donors (Lipinski definition) is 1. The molecule has 0 atom stereocenters. The van der Waals surface area contributed by atoms with Gasteiger partial charge in [0.15, 0.2) is 5.03 Å². The molecule has 1 N–H and O–H groups in total. The second-order valence-electron chi connectivity index (χ2n) is 3.67. The van der Waals surface area contributed by atoms with E-state index in [2.05, 4.69) is 10.3 Å². The van der Waals surface area contributed by atoms with Crippen molar-refractivity contribution in [2.75, 3.05) is 6.54 Å². The molecule has 1 rings (SSSR count). The van der Waals surface area contributed by atoms with Crippen LogP contribution in [0.15, 0.2) is 11.2 Å². The van der Waals surface area contributed by atoms with Crippen molar-refractivity contribution >= 4 is 25.6 Å². The fourth-order valence-electron chi connectivity index (χ4n) is 1.43. The number of aryl methyl sites for hydroxylation is 1. The number of nitriles is 1. The minimum Gasteiger partial charge on any atom is -0.354 e. The number of halogens is 1. The molecule has 0 radical (unpaired) electrons. The lowest BCUT2D eigenvalue weighted by atomic mass is 10.4. The average Bonchev–Trinajstić information content (AvgIpc) is 2.72. The van der Waals surface area contributed by atoms with E-state index >= 15 is 0 Å². The first kappa shape index (κ1) is 15.5. The molecule has 0 unspecified atom stereocenters. The third-order valence-corrected chi connectivity index (χ3v) is 3.45. The van der Waals surface area contributed by atoms with Crippen molar-refractivity contribution in [3.63, 3.8) is 0 Å². The number of amides is 1. The lowest BCUT2D eigenvalue weighted by molar-refractivity contribution is -0.121. The van der Waals surface area contributed by atoms with Gasteiger partial charge in [-0.05, 0) is 0 Å². The molecule has 0 saturated carbocycles. The summed E-state index contributed by atoms with van der Waals surface area (Å²) in [5, 5.41) is 10.6. The zero-order chi connectivity index (χ0) is 14.5. The summed E-state index contributed by atoms with van der Waals surface area (Å²) < 4.78 is 23.8. The van der Waals surface area contributed by atoms with E-state index < -0.39 is 9.05 Å². The van der Waals surface area contributed by atoms with Gasteiger partial charge in [-0.3, -0.25) is 4.79 Å². The molecule has 0 bridgehead atoms. The normalized spacial score (nSPS) is 11.0. The number of rotatable bonds is 6. The summed E-state index contributed by atoms with van der Waals surface area (Å²) in [5.74, 6) is 0.135. The largest absolute Gasteiger partial charge is 0.354 e. The van der Waals surface area contributed by atoms with Crippen LogP contribution in [0.3, 0.4) is 0 Å². The highest BCUT2D eigenvalue weighted by atomic mass is 35.7. The number of aromatic nitrogens is 2. The molecule has 0 spiro atoms. The molecule has 0 fully saturated rings. The van der Waals surface area contributed by atoms with Gasteiger partial charge in [0.05, 0.1) is 12.5 Å². The van der Waals surface area contributed by atoms with E-state index in [1.54, 1.807) is 6.92 Å². The Hall–Kier alpha value is -1.59. The summed E-state index contributed by atoms with van der Waals surface area (Å²) in [5.41, 5.74) is 0. The molecule has 0 aliphatic heterocycles. The van der Waals surface area contributed by atoms with E-state index in [0.29, 0.717) is 12.2 Å². The maximum Gasteiger partial charge on any atom is 0.280 e. The Labute approximate surface area is 115 Å². The van der Waals surface area contributed by atoms with Crippen molar-refractivity contribution in [1.29, 1.82) is 5.26 Å². The van der Waals surface area contributed by atoms with E-state index in [1.807, 2.05) is 6.07 Å². The van der Waals surface area contributed by atoms with E-state index in [0.717, 1.165) is 0 Å². The molecule has 104 valence electrons. The number of nitrogens with zero attached hydrogens (tertiary/aromatic N) is 3. The van der Waals surface area contributed by atoms with Crippen LogP contribution in [0.25, 0.3) is 0 Å². The Morgan fingerprint density at radius 1 is 1.63 bits per heavy atom. The SMILES string of the molecule is CCc1nc(S(=O)(=O)Cl)cn1CC(=O)NCCC#N. The Morgan fingerprint density at radius 3 is 2.84 bits per heavy atom. The number of nitrogens with one attached hydrogen (secondary N) is 1. The van der Waals surface area contributed by atoms with Gasteiger partial charge >= 0.3 is 0 Å². The van der Waals surface area contributed by atoms with Crippen LogP contribution in [0.4, 0.5) is 0 Å². The van der Waals surface area contributed by atoms with Crippen LogP contribution in [0.2, 0.25) is 0 Å². The van der Waals surface area contributed by atoms with Crippen molar-refractivity contribution in [3.05, 3.63) is 12.0 Å². The first-order chi connectivity index (χ1) is 8.88. The highest BCUT2D eigenvalue weighted by molar-refractivity contribution is 8.13.